The molecule has 2 unspecified atom stereocenters. The lowest BCUT2D eigenvalue weighted by molar-refractivity contribution is 0.513. The van der Waals surface area contributed by atoms with Crippen LogP contribution in [0.4, 0.5) is 0 Å². The quantitative estimate of drug-likeness (QED) is 0.801. The monoisotopic (exact) mass is 299 g/mol. The van der Waals surface area contributed by atoms with Crippen LogP contribution in [0.5, 0.6) is 0 Å². The first-order valence-electron chi connectivity index (χ1n) is 6.82. The predicted octanol–water partition coefficient (Wildman–Crippen LogP) is 3.55. The van der Waals surface area contributed by atoms with Crippen LogP contribution in [0.3, 0.4) is 0 Å². The molecule has 0 fully saturated rings. The molecule has 0 amide bonds. The van der Waals surface area contributed by atoms with Gasteiger partial charge in [-0.15, -0.1) is 0 Å². The normalized spacial score (nSPS) is 14.2. The van der Waals surface area contributed by atoms with Gasteiger partial charge in [0, 0.05) is 10.3 Å². The fraction of sp³-hybridized carbons (Fsp3) is 0.176. The highest BCUT2D eigenvalue weighted by molar-refractivity contribution is 7.85. The van der Waals surface area contributed by atoms with Crippen molar-refractivity contribution in [3.05, 3.63) is 65.9 Å². The van der Waals surface area contributed by atoms with Gasteiger partial charge in [0.15, 0.2) is 0 Å². The Morgan fingerprint density at radius 2 is 1.95 bits per heavy atom. The number of furan rings is 1. The summed E-state index contributed by atoms with van der Waals surface area (Å²) in [6.45, 7) is 1.99. The van der Waals surface area contributed by atoms with Crippen molar-refractivity contribution in [2.75, 3.05) is 5.75 Å². The van der Waals surface area contributed by atoms with Crippen molar-refractivity contribution in [2.24, 2.45) is 5.73 Å². The Morgan fingerprint density at radius 1 is 1.14 bits per heavy atom. The third-order valence-electron chi connectivity index (χ3n) is 3.39. The molecule has 108 valence electrons. The number of nitrogens with two attached hydrogens (primary N) is 1. The van der Waals surface area contributed by atoms with Gasteiger partial charge < -0.3 is 10.2 Å². The fourth-order valence-corrected chi connectivity index (χ4v) is 3.51. The molecular formula is C17H17NO2S. The van der Waals surface area contributed by atoms with E-state index < -0.39 is 10.8 Å². The summed E-state index contributed by atoms with van der Waals surface area (Å²) in [4.78, 5) is 0.807. The zero-order valence-electron chi connectivity index (χ0n) is 11.8. The summed E-state index contributed by atoms with van der Waals surface area (Å²) in [6, 6.07) is 17.0. The Balaban J connectivity index is 1.79. The van der Waals surface area contributed by atoms with E-state index in [1.54, 1.807) is 0 Å². The van der Waals surface area contributed by atoms with E-state index in [0.717, 1.165) is 21.4 Å². The topological polar surface area (TPSA) is 56.2 Å². The molecule has 1 aromatic heterocycles. The molecule has 2 aromatic carbocycles. The SMILES string of the molecule is Cc1cccc(S(=O)CC(N)c2cc3ccccc3o2)c1. The highest BCUT2D eigenvalue weighted by atomic mass is 32.2. The minimum Gasteiger partial charge on any atom is -0.459 e. The molecule has 0 aliphatic rings. The number of benzene rings is 2. The molecule has 1 heterocycles. The van der Waals surface area contributed by atoms with Crippen molar-refractivity contribution in [2.45, 2.75) is 17.9 Å². The summed E-state index contributed by atoms with van der Waals surface area (Å²) >= 11 is 0. The Morgan fingerprint density at radius 3 is 2.71 bits per heavy atom. The highest BCUT2D eigenvalue weighted by Gasteiger charge is 2.16. The van der Waals surface area contributed by atoms with E-state index in [1.807, 2.05) is 61.5 Å². The van der Waals surface area contributed by atoms with Gasteiger partial charge in [0.05, 0.1) is 22.6 Å². The Hall–Kier alpha value is -1.91. The van der Waals surface area contributed by atoms with E-state index in [-0.39, 0.29) is 6.04 Å². The van der Waals surface area contributed by atoms with Gasteiger partial charge in [-0.2, -0.15) is 0 Å². The van der Waals surface area contributed by atoms with Gasteiger partial charge in [-0.25, -0.2) is 0 Å². The number of para-hydroxylation sites is 1. The van der Waals surface area contributed by atoms with Crippen molar-refractivity contribution >= 4 is 21.8 Å². The molecule has 2 atom stereocenters. The molecule has 0 spiro atoms. The number of rotatable bonds is 4. The lowest BCUT2D eigenvalue weighted by Gasteiger charge is -2.09. The predicted molar refractivity (Wildman–Crippen MR) is 85.6 cm³/mol. The van der Waals surface area contributed by atoms with Crippen LogP contribution in [0, 0.1) is 6.92 Å². The van der Waals surface area contributed by atoms with Crippen molar-refractivity contribution in [3.8, 4) is 0 Å². The number of fused-ring (bicyclic) bond motifs is 1. The van der Waals surface area contributed by atoms with Crippen LogP contribution in [0.25, 0.3) is 11.0 Å². The Bertz CT molecular complexity index is 761. The fourth-order valence-electron chi connectivity index (χ4n) is 2.28. The third kappa shape index (κ3) is 3.06. The smallest absolute Gasteiger partial charge is 0.134 e. The van der Waals surface area contributed by atoms with Gasteiger partial charge in [0.1, 0.15) is 11.3 Å². The van der Waals surface area contributed by atoms with Crippen molar-refractivity contribution in [3.63, 3.8) is 0 Å². The van der Waals surface area contributed by atoms with Crippen LogP contribution < -0.4 is 5.73 Å². The molecule has 0 radical (unpaired) electrons. The average Bonchev–Trinajstić information content (AvgIpc) is 2.91. The van der Waals surface area contributed by atoms with Gasteiger partial charge >= 0.3 is 0 Å². The van der Waals surface area contributed by atoms with Crippen molar-refractivity contribution in [1.29, 1.82) is 0 Å². The first-order valence-corrected chi connectivity index (χ1v) is 8.14. The standard InChI is InChI=1S/C17H17NO2S/c1-12-5-4-7-14(9-12)21(19)11-15(18)17-10-13-6-2-3-8-16(13)20-17/h2-10,15H,11,18H2,1H3. The maximum Gasteiger partial charge on any atom is 0.134 e. The van der Waals surface area contributed by atoms with E-state index in [9.17, 15) is 4.21 Å². The van der Waals surface area contributed by atoms with Crippen LogP contribution in [0.15, 0.2) is 63.9 Å². The first-order chi connectivity index (χ1) is 10.1. The molecule has 0 bridgehead atoms. The maximum atomic E-state index is 12.4. The van der Waals surface area contributed by atoms with Gasteiger partial charge in [-0.3, -0.25) is 4.21 Å². The Kier molecular flexibility index (Phi) is 3.90. The minimum absolute atomic E-state index is 0.350. The molecule has 0 saturated heterocycles. The summed E-state index contributed by atoms with van der Waals surface area (Å²) in [5.74, 6) is 1.03. The molecule has 3 aromatic rings. The summed E-state index contributed by atoms with van der Waals surface area (Å²) in [5.41, 5.74) is 8.05. The molecule has 2 N–H and O–H groups in total. The van der Waals surface area contributed by atoms with Gasteiger partial charge in [0.25, 0.3) is 0 Å². The third-order valence-corrected chi connectivity index (χ3v) is 4.83. The molecule has 21 heavy (non-hydrogen) atoms. The largest absolute Gasteiger partial charge is 0.459 e. The summed E-state index contributed by atoms with van der Waals surface area (Å²) in [6.07, 6.45) is 0. The highest BCUT2D eigenvalue weighted by Crippen LogP contribution is 2.24. The number of hydrogen-bond acceptors (Lipinski definition) is 3. The van der Waals surface area contributed by atoms with Crippen LogP contribution in [-0.4, -0.2) is 9.96 Å². The molecule has 4 heteroatoms. The van der Waals surface area contributed by atoms with Crippen molar-refractivity contribution < 1.29 is 8.63 Å². The van der Waals surface area contributed by atoms with Gasteiger partial charge in [0.2, 0.25) is 0 Å². The number of aryl methyl sites for hydroxylation is 1. The van der Waals surface area contributed by atoms with E-state index >= 15 is 0 Å². The summed E-state index contributed by atoms with van der Waals surface area (Å²) < 4.78 is 18.1. The van der Waals surface area contributed by atoms with E-state index in [2.05, 4.69) is 0 Å². The van der Waals surface area contributed by atoms with Gasteiger partial charge in [-0.05, 0) is 36.8 Å². The molecule has 0 aliphatic carbocycles. The zero-order valence-corrected chi connectivity index (χ0v) is 12.6. The van der Waals surface area contributed by atoms with Crippen LogP contribution in [0.2, 0.25) is 0 Å². The maximum absolute atomic E-state index is 12.4. The first kappa shape index (κ1) is 14.0. The zero-order chi connectivity index (χ0) is 14.8. The lowest BCUT2D eigenvalue weighted by atomic mass is 10.2. The summed E-state index contributed by atoms with van der Waals surface area (Å²) in [7, 11) is -1.13. The van der Waals surface area contributed by atoms with Crippen LogP contribution >= 0.6 is 0 Å². The van der Waals surface area contributed by atoms with Crippen LogP contribution in [0.1, 0.15) is 17.4 Å². The molecule has 0 aliphatic heterocycles. The lowest BCUT2D eigenvalue weighted by Crippen LogP contribution is -2.17. The second-order valence-corrected chi connectivity index (χ2v) is 6.62. The van der Waals surface area contributed by atoms with Gasteiger partial charge in [-0.1, -0.05) is 30.3 Å². The summed E-state index contributed by atoms with van der Waals surface area (Å²) in [5, 5.41) is 1.02. The van der Waals surface area contributed by atoms with Crippen LogP contribution in [-0.2, 0) is 10.8 Å². The second kappa shape index (κ2) is 5.84. The van der Waals surface area contributed by atoms with E-state index in [4.69, 9.17) is 10.2 Å². The van der Waals surface area contributed by atoms with Crippen molar-refractivity contribution in [1.82, 2.24) is 0 Å². The number of hydrogen-bond donors (Lipinski definition) is 1. The van der Waals surface area contributed by atoms with E-state index in [1.165, 1.54) is 0 Å². The van der Waals surface area contributed by atoms with E-state index in [0.29, 0.717) is 11.5 Å². The average molecular weight is 299 g/mol. The minimum atomic E-state index is -1.13. The molecule has 0 saturated carbocycles. The molecular weight excluding hydrogens is 282 g/mol. The second-order valence-electron chi connectivity index (χ2n) is 5.12. The molecule has 3 rings (SSSR count). The Labute approximate surface area is 126 Å². The molecule has 3 nitrogen and oxygen atoms in total.